The zero-order valence-corrected chi connectivity index (χ0v) is 16.1. The fourth-order valence-electron chi connectivity index (χ4n) is 2.61. The van der Waals surface area contributed by atoms with Crippen molar-refractivity contribution in [1.29, 1.82) is 10.5 Å². The van der Waals surface area contributed by atoms with Crippen LogP contribution < -0.4 is 10.7 Å². The Bertz CT molecular complexity index is 684. The molecule has 1 saturated carbocycles. The molecule has 0 aromatic heterocycles. The van der Waals surface area contributed by atoms with Crippen LogP contribution in [-0.2, 0) is 6.54 Å². The van der Waals surface area contributed by atoms with Gasteiger partial charge in [0.2, 0.25) is 5.71 Å². The lowest BCUT2D eigenvalue weighted by molar-refractivity contribution is 0.116. The fraction of sp³-hybridized carbons (Fsp3) is 0.438. The summed E-state index contributed by atoms with van der Waals surface area (Å²) in [6, 6.07) is 7.65. The van der Waals surface area contributed by atoms with E-state index >= 15 is 0 Å². The molecule has 1 aromatic carbocycles. The first-order valence-corrected chi connectivity index (χ1v) is 9.15. The molecule has 6 nitrogen and oxygen atoms in total. The van der Waals surface area contributed by atoms with Crippen molar-refractivity contribution in [2.45, 2.75) is 44.4 Å². The molecular formula is C16H17Br2N5O. The first kappa shape index (κ1) is 18.9. The first-order valence-electron chi connectivity index (χ1n) is 7.56. The van der Waals surface area contributed by atoms with E-state index in [1.807, 2.05) is 12.1 Å². The minimum Gasteiger partial charge on any atom is -0.393 e. The SMILES string of the molecule is N#CC(C#N)=NNc1c(Br)cc(Br)cc1CNC1CCC(O)CC1. The van der Waals surface area contributed by atoms with E-state index < -0.39 is 0 Å². The summed E-state index contributed by atoms with van der Waals surface area (Å²) in [6.07, 6.45) is 3.37. The summed E-state index contributed by atoms with van der Waals surface area (Å²) in [5.41, 5.74) is 4.24. The Balaban J connectivity index is 2.12. The monoisotopic (exact) mass is 453 g/mol. The van der Waals surface area contributed by atoms with Gasteiger partial charge < -0.3 is 10.4 Å². The van der Waals surface area contributed by atoms with Crippen LogP contribution in [0.5, 0.6) is 0 Å². The average molecular weight is 455 g/mol. The van der Waals surface area contributed by atoms with E-state index in [-0.39, 0.29) is 11.8 Å². The van der Waals surface area contributed by atoms with Gasteiger partial charge in [-0.1, -0.05) is 15.9 Å². The summed E-state index contributed by atoms with van der Waals surface area (Å²) in [5.74, 6) is 0. The second-order valence-electron chi connectivity index (χ2n) is 5.60. The van der Waals surface area contributed by atoms with Crippen LogP contribution in [0.15, 0.2) is 26.2 Å². The highest BCUT2D eigenvalue weighted by Gasteiger charge is 2.19. The summed E-state index contributed by atoms with van der Waals surface area (Å²) in [7, 11) is 0. The van der Waals surface area contributed by atoms with Gasteiger partial charge in [0.15, 0.2) is 0 Å². The van der Waals surface area contributed by atoms with Gasteiger partial charge in [0.05, 0.1) is 11.8 Å². The molecule has 0 radical (unpaired) electrons. The zero-order chi connectivity index (χ0) is 17.5. The molecule has 8 heteroatoms. The number of hydrogen-bond donors (Lipinski definition) is 3. The van der Waals surface area contributed by atoms with E-state index in [9.17, 15) is 5.11 Å². The number of nitriles is 2. The number of nitrogens with one attached hydrogen (secondary N) is 2. The van der Waals surface area contributed by atoms with Crippen LogP contribution in [0.2, 0.25) is 0 Å². The summed E-state index contributed by atoms with van der Waals surface area (Å²) in [6.45, 7) is 0.616. The van der Waals surface area contributed by atoms with Crippen molar-refractivity contribution in [2.24, 2.45) is 5.10 Å². The lowest BCUT2D eigenvalue weighted by Gasteiger charge is -2.26. The summed E-state index contributed by atoms with van der Waals surface area (Å²) in [4.78, 5) is 0. The average Bonchev–Trinajstić information content (AvgIpc) is 2.56. The van der Waals surface area contributed by atoms with Gasteiger partial charge in [-0.25, -0.2) is 0 Å². The predicted molar refractivity (Wildman–Crippen MR) is 99.2 cm³/mol. The second kappa shape index (κ2) is 9.14. The molecule has 0 amide bonds. The topological polar surface area (TPSA) is 104 Å². The van der Waals surface area contributed by atoms with Gasteiger partial charge in [0.1, 0.15) is 12.1 Å². The Morgan fingerprint density at radius 1 is 1.21 bits per heavy atom. The highest BCUT2D eigenvalue weighted by atomic mass is 79.9. The molecule has 0 spiro atoms. The second-order valence-corrected chi connectivity index (χ2v) is 7.37. The van der Waals surface area contributed by atoms with Crippen LogP contribution in [0.25, 0.3) is 0 Å². The van der Waals surface area contributed by atoms with Crippen molar-refractivity contribution in [3.63, 3.8) is 0 Å². The highest BCUT2D eigenvalue weighted by Crippen LogP contribution is 2.31. The van der Waals surface area contributed by atoms with Crippen LogP contribution in [0.3, 0.4) is 0 Å². The van der Waals surface area contributed by atoms with E-state index in [2.05, 4.69) is 47.7 Å². The molecule has 3 N–H and O–H groups in total. The molecule has 1 aliphatic carbocycles. The molecule has 2 rings (SSSR count). The predicted octanol–water partition coefficient (Wildman–Crippen LogP) is 3.42. The molecule has 0 heterocycles. The Kier molecular flexibility index (Phi) is 7.19. The number of benzene rings is 1. The van der Waals surface area contributed by atoms with Gasteiger partial charge in [-0.05, 0) is 59.3 Å². The van der Waals surface area contributed by atoms with Crippen LogP contribution in [0.4, 0.5) is 5.69 Å². The normalized spacial score (nSPS) is 19.9. The molecule has 1 aliphatic rings. The molecule has 0 bridgehead atoms. The van der Waals surface area contributed by atoms with Crippen molar-refractivity contribution in [3.05, 3.63) is 26.6 Å². The number of aliphatic hydroxyl groups is 1. The standard InChI is InChI=1S/C16H17Br2N5O/c17-11-5-10(9-21-12-1-3-14(24)4-2-12)16(15(18)6-11)23-22-13(7-19)8-20/h5-6,12,14,21,23-24H,1-4,9H2. The molecule has 24 heavy (non-hydrogen) atoms. The molecule has 0 saturated heterocycles. The summed E-state index contributed by atoms with van der Waals surface area (Å²) >= 11 is 6.95. The van der Waals surface area contributed by atoms with Gasteiger partial charge in [-0.2, -0.15) is 15.6 Å². The third kappa shape index (κ3) is 5.29. The van der Waals surface area contributed by atoms with Crippen molar-refractivity contribution in [1.82, 2.24) is 5.32 Å². The summed E-state index contributed by atoms with van der Waals surface area (Å²) < 4.78 is 1.70. The third-order valence-corrected chi connectivity index (χ3v) is 4.99. The van der Waals surface area contributed by atoms with Gasteiger partial charge >= 0.3 is 0 Å². The Hall–Kier alpha value is -1.45. The van der Waals surface area contributed by atoms with Crippen LogP contribution in [0, 0.1) is 22.7 Å². The quantitative estimate of drug-likeness (QED) is 0.467. The van der Waals surface area contributed by atoms with E-state index in [0.717, 1.165) is 40.2 Å². The molecular weight excluding hydrogens is 438 g/mol. The van der Waals surface area contributed by atoms with Gasteiger partial charge in [-0.3, -0.25) is 5.43 Å². The first-order chi connectivity index (χ1) is 11.5. The molecule has 0 unspecified atom stereocenters. The van der Waals surface area contributed by atoms with Crippen molar-refractivity contribution in [2.75, 3.05) is 5.43 Å². The highest BCUT2D eigenvalue weighted by molar-refractivity contribution is 9.11. The number of rotatable bonds is 5. The summed E-state index contributed by atoms with van der Waals surface area (Å²) in [5, 5.41) is 34.5. The maximum absolute atomic E-state index is 9.58. The molecule has 1 fully saturated rings. The van der Waals surface area contributed by atoms with Crippen molar-refractivity contribution < 1.29 is 5.11 Å². The molecule has 0 aliphatic heterocycles. The van der Waals surface area contributed by atoms with Gasteiger partial charge in [-0.15, -0.1) is 0 Å². The number of nitrogens with zero attached hydrogens (tertiary/aromatic N) is 3. The minimum atomic E-state index is -0.231. The minimum absolute atomic E-state index is 0.176. The Labute approximate surface area is 157 Å². The molecule has 1 aromatic rings. The number of halogens is 2. The van der Waals surface area contributed by atoms with E-state index in [0.29, 0.717) is 18.3 Å². The lowest BCUT2D eigenvalue weighted by Crippen LogP contribution is -2.34. The Morgan fingerprint density at radius 2 is 1.88 bits per heavy atom. The molecule has 0 atom stereocenters. The maximum Gasteiger partial charge on any atom is 0.237 e. The van der Waals surface area contributed by atoms with E-state index in [4.69, 9.17) is 10.5 Å². The zero-order valence-electron chi connectivity index (χ0n) is 12.9. The fourth-order valence-corrected chi connectivity index (χ4v) is 4.01. The number of aliphatic hydroxyl groups excluding tert-OH is 1. The largest absolute Gasteiger partial charge is 0.393 e. The smallest absolute Gasteiger partial charge is 0.237 e. The van der Waals surface area contributed by atoms with Gasteiger partial charge in [0.25, 0.3) is 0 Å². The number of hydrazone groups is 1. The maximum atomic E-state index is 9.58. The Morgan fingerprint density at radius 3 is 2.50 bits per heavy atom. The van der Waals surface area contributed by atoms with Crippen molar-refractivity contribution in [3.8, 4) is 12.1 Å². The number of hydrogen-bond acceptors (Lipinski definition) is 6. The lowest BCUT2D eigenvalue weighted by atomic mass is 9.93. The van der Waals surface area contributed by atoms with Crippen LogP contribution in [0.1, 0.15) is 31.2 Å². The van der Waals surface area contributed by atoms with Gasteiger partial charge in [0, 0.05) is 21.5 Å². The third-order valence-electron chi connectivity index (χ3n) is 3.91. The number of anilines is 1. The molecule has 126 valence electrons. The van der Waals surface area contributed by atoms with E-state index in [1.54, 1.807) is 12.1 Å². The van der Waals surface area contributed by atoms with Crippen LogP contribution >= 0.6 is 31.9 Å². The van der Waals surface area contributed by atoms with Crippen LogP contribution in [-0.4, -0.2) is 23.0 Å². The van der Waals surface area contributed by atoms with Crippen molar-refractivity contribution >= 4 is 43.3 Å². The van der Waals surface area contributed by atoms with E-state index in [1.165, 1.54) is 0 Å².